The molecule has 0 rings (SSSR count). The number of phosphoric ester groups is 2. The van der Waals surface area contributed by atoms with Crippen LogP contribution in [0.4, 0.5) is 0 Å². The van der Waals surface area contributed by atoms with E-state index < -0.39 is 97.5 Å². The fourth-order valence-electron chi connectivity index (χ4n) is 12.5. The van der Waals surface area contributed by atoms with Gasteiger partial charge in [-0.25, -0.2) is 9.13 Å². The summed E-state index contributed by atoms with van der Waals surface area (Å²) in [6.45, 7) is 12.0. The molecule has 0 aromatic rings. The van der Waals surface area contributed by atoms with Crippen molar-refractivity contribution in [3.8, 4) is 0 Å². The van der Waals surface area contributed by atoms with Crippen molar-refractivity contribution in [1.29, 1.82) is 0 Å². The molecule has 0 heterocycles. The molecule has 0 aliphatic carbocycles. The van der Waals surface area contributed by atoms with E-state index in [1.807, 2.05) is 0 Å². The van der Waals surface area contributed by atoms with Crippen LogP contribution in [0, 0.1) is 17.8 Å². The molecular weight excluding hydrogens is 1310 g/mol. The molecule has 6 atom stereocenters. The fraction of sp³-hybridized carbons (Fsp3) is 0.951. The standard InChI is InChI=1S/C81H158O17P2/c1-8-10-11-12-13-14-15-16-17-18-19-20-21-22-23-24-36-43-50-57-64-80(85)97-76(68-92-79(84)63-56-49-42-35-30-27-33-40-47-54-61-74(7)9-2)70-95-99(87,88)93-66-75(82)67-94-100(89,90)96-71-77(98-81(86)65-58-51-44-37-29-26-32-39-46-53-60-73(5)6)69-91-78(83)62-55-48-41-34-28-25-31-38-45-52-59-72(3)4/h72-77,82H,8-71H2,1-7H3,(H,87,88)(H,89,90)/t74?,75-,76-,77-/m1/s1. The van der Waals surface area contributed by atoms with Gasteiger partial charge in [-0.05, 0) is 43.4 Å². The zero-order valence-electron chi connectivity index (χ0n) is 65.7. The summed E-state index contributed by atoms with van der Waals surface area (Å²) in [6, 6.07) is 0. The van der Waals surface area contributed by atoms with Gasteiger partial charge in [0.05, 0.1) is 26.4 Å². The highest BCUT2D eigenvalue weighted by molar-refractivity contribution is 7.47. The Morgan fingerprint density at radius 1 is 0.290 bits per heavy atom. The fourth-order valence-corrected chi connectivity index (χ4v) is 14.0. The Morgan fingerprint density at radius 2 is 0.510 bits per heavy atom. The van der Waals surface area contributed by atoms with E-state index in [0.717, 1.165) is 108 Å². The molecule has 0 aliphatic rings. The second-order valence-corrected chi connectivity index (χ2v) is 33.3. The van der Waals surface area contributed by atoms with Gasteiger partial charge in [0.25, 0.3) is 0 Å². The van der Waals surface area contributed by atoms with E-state index in [-0.39, 0.29) is 25.7 Å². The molecule has 0 radical (unpaired) electrons. The Bertz CT molecular complexity index is 1940. The number of phosphoric acid groups is 2. The van der Waals surface area contributed by atoms with Crippen molar-refractivity contribution in [2.45, 2.75) is 439 Å². The zero-order chi connectivity index (χ0) is 73.7. The van der Waals surface area contributed by atoms with Crippen molar-refractivity contribution in [2.24, 2.45) is 17.8 Å². The summed E-state index contributed by atoms with van der Waals surface area (Å²) in [7, 11) is -9.92. The molecule has 3 N–H and O–H groups in total. The molecule has 19 heteroatoms. The molecule has 0 bridgehead atoms. The van der Waals surface area contributed by atoms with Crippen LogP contribution < -0.4 is 0 Å². The lowest BCUT2D eigenvalue weighted by molar-refractivity contribution is -0.161. The van der Waals surface area contributed by atoms with E-state index in [9.17, 15) is 43.2 Å². The van der Waals surface area contributed by atoms with Crippen molar-refractivity contribution in [2.75, 3.05) is 39.6 Å². The zero-order valence-corrected chi connectivity index (χ0v) is 67.5. The molecular formula is C81H158O17P2. The monoisotopic (exact) mass is 1470 g/mol. The summed E-state index contributed by atoms with van der Waals surface area (Å²) < 4.78 is 68.7. The first-order valence-corrected chi connectivity index (χ1v) is 44.9. The van der Waals surface area contributed by atoms with Gasteiger partial charge in [0, 0.05) is 25.7 Å². The summed E-state index contributed by atoms with van der Waals surface area (Å²) in [4.78, 5) is 73.1. The number of carbonyl (C=O) groups excluding carboxylic acids is 4. The number of hydrogen-bond donors (Lipinski definition) is 3. The lowest BCUT2D eigenvalue weighted by atomic mass is 9.99. The Morgan fingerprint density at radius 3 is 0.760 bits per heavy atom. The number of carbonyl (C=O) groups is 4. The lowest BCUT2D eigenvalue weighted by Gasteiger charge is -2.21. The minimum atomic E-state index is -4.96. The quantitative estimate of drug-likeness (QED) is 0.0222. The van der Waals surface area contributed by atoms with Crippen LogP contribution in [0.2, 0.25) is 0 Å². The SMILES string of the molecule is CCCCCCCCCCCCCCCCCCCCCCC(=O)O[C@H](COC(=O)CCCCCCCCCCCCC(C)CC)COP(=O)(O)OC[C@@H](O)COP(=O)(O)OC[C@@H](COC(=O)CCCCCCCCCCCCC(C)C)OC(=O)CCCCCCCCCCCCC(C)C. The minimum absolute atomic E-state index is 0.106. The maximum absolute atomic E-state index is 13.1. The third-order valence-electron chi connectivity index (χ3n) is 19.2. The molecule has 594 valence electrons. The van der Waals surface area contributed by atoms with E-state index >= 15 is 0 Å². The number of hydrogen-bond acceptors (Lipinski definition) is 15. The number of rotatable bonds is 79. The maximum atomic E-state index is 13.1. The second-order valence-electron chi connectivity index (χ2n) is 30.4. The van der Waals surface area contributed by atoms with E-state index in [1.54, 1.807) is 0 Å². The van der Waals surface area contributed by atoms with Gasteiger partial charge in [0.1, 0.15) is 19.3 Å². The first-order valence-electron chi connectivity index (χ1n) is 41.9. The van der Waals surface area contributed by atoms with Crippen LogP contribution in [-0.4, -0.2) is 96.7 Å². The highest BCUT2D eigenvalue weighted by Crippen LogP contribution is 2.45. The van der Waals surface area contributed by atoms with Gasteiger partial charge >= 0.3 is 39.5 Å². The molecule has 0 aliphatic heterocycles. The molecule has 0 saturated carbocycles. The maximum Gasteiger partial charge on any atom is 0.472 e. The first kappa shape index (κ1) is 98.1. The van der Waals surface area contributed by atoms with Crippen molar-refractivity contribution in [3.63, 3.8) is 0 Å². The van der Waals surface area contributed by atoms with Crippen molar-refractivity contribution in [1.82, 2.24) is 0 Å². The predicted molar refractivity (Wildman–Crippen MR) is 409 cm³/mol. The third-order valence-corrected chi connectivity index (χ3v) is 21.1. The van der Waals surface area contributed by atoms with Gasteiger partial charge < -0.3 is 33.8 Å². The van der Waals surface area contributed by atoms with Gasteiger partial charge in [-0.3, -0.25) is 37.3 Å². The highest BCUT2D eigenvalue weighted by atomic mass is 31.2. The normalized spacial score (nSPS) is 14.2. The number of unbranched alkanes of at least 4 members (excludes halogenated alkanes) is 46. The Balaban J connectivity index is 5.25. The third kappa shape index (κ3) is 73.0. The summed E-state index contributed by atoms with van der Waals surface area (Å²) in [5.41, 5.74) is 0. The summed E-state index contributed by atoms with van der Waals surface area (Å²) in [6.07, 6.45) is 59.6. The minimum Gasteiger partial charge on any atom is -0.462 e. The van der Waals surface area contributed by atoms with E-state index in [0.29, 0.717) is 25.7 Å². The molecule has 0 aromatic heterocycles. The molecule has 0 saturated heterocycles. The Kier molecular flexibility index (Phi) is 69.9. The molecule has 100 heavy (non-hydrogen) atoms. The number of ether oxygens (including phenoxy) is 4. The van der Waals surface area contributed by atoms with Crippen LogP contribution in [0.3, 0.4) is 0 Å². The number of aliphatic hydroxyl groups is 1. The average molecular weight is 1470 g/mol. The van der Waals surface area contributed by atoms with Crippen molar-refractivity contribution in [3.05, 3.63) is 0 Å². The van der Waals surface area contributed by atoms with Crippen LogP contribution in [0.1, 0.15) is 421 Å². The Labute approximate surface area is 613 Å². The van der Waals surface area contributed by atoms with Crippen LogP contribution >= 0.6 is 15.6 Å². The summed E-state index contributed by atoms with van der Waals surface area (Å²) in [5.74, 6) is 0.209. The van der Waals surface area contributed by atoms with Crippen LogP contribution in [0.25, 0.3) is 0 Å². The summed E-state index contributed by atoms with van der Waals surface area (Å²) in [5, 5.41) is 10.6. The van der Waals surface area contributed by atoms with Gasteiger partial charge in [0.2, 0.25) is 0 Å². The van der Waals surface area contributed by atoms with Crippen molar-refractivity contribution >= 4 is 39.5 Å². The van der Waals surface area contributed by atoms with Gasteiger partial charge in [-0.15, -0.1) is 0 Å². The molecule has 0 aromatic carbocycles. The molecule has 0 fully saturated rings. The van der Waals surface area contributed by atoms with E-state index in [1.165, 1.54) is 231 Å². The van der Waals surface area contributed by atoms with Crippen LogP contribution in [0.5, 0.6) is 0 Å². The number of esters is 4. The van der Waals surface area contributed by atoms with E-state index in [4.69, 9.17) is 37.0 Å². The average Bonchev–Trinajstić information content (AvgIpc) is 0.923. The van der Waals surface area contributed by atoms with Gasteiger partial charge in [0.15, 0.2) is 12.2 Å². The van der Waals surface area contributed by atoms with Gasteiger partial charge in [-0.1, -0.05) is 370 Å². The van der Waals surface area contributed by atoms with E-state index in [2.05, 4.69) is 48.5 Å². The van der Waals surface area contributed by atoms with Crippen LogP contribution in [0.15, 0.2) is 0 Å². The molecule has 3 unspecified atom stereocenters. The summed E-state index contributed by atoms with van der Waals surface area (Å²) >= 11 is 0. The predicted octanol–water partition coefficient (Wildman–Crippen LogP) is 24.1. The van der Waals surface area contributed by atoms with Crippen molar-refractivity contribution < 1.29 is 80.2 Å². The molecule has 0 spiro atoms. The molecule has 17 nitrogen and oxygen atoms in total. The molecule has 0 amide bonds. The lowest BCUT2D eigenvalue weighted by Crippen LogP contribution is -2.30. The smallest absolute Gasteiger partial charge is 0.462 e. The van der Waals surface area contributed by atoms with Gasteiger partial charge in [-0.2, -0.15) is 0 Å². The van der Waals surface area contributed by atoms with Crippen LogP contribution in [-0.2, 0) is 65.4 Å². The highest BCUT2D eigenvalue weighted by Gasteiger charge is 2.30. The topological polar surface area (TPSA) is 237 Å². The number of aliphatic hydroxyl groups excluding tert-OH is 1. The first-order chi connectivity index (χ1) is 48.3. The Hall–Kier alpha value is -1.94. The largest absolute Gasteiger partial charge is 0.472 e. The second kappa shape index (κ2) is 71.3.